The Hall–Kier alpha value is -1.62. The Labute approximate surface area is 113 Å². The Morgan fingerprint density at radius 2 is 2.16 bits per heavy atom. The van der Waals surface area contributed by atoms with Crippen molar-refractivity contribution in [1.82, 2.24) is 9.88 Å². The number of carboxylic acid groups (broad SMARTS) is 1. The first kappa shape index (κ1) is 13.8. The first-order chi connectivity index (χ1) is 9.08. The number of carbonyl (C=O) groups is 1. The molecule has 0 bridgehead atoms. The Morgan fingerprint density at radius 3 is 2.74 bits per heavy atom. The van der Waals surface area contributed by atoms with Crippen molar-refractivity contribution in [1.29, 1.82) is 0 Å². The van der Waals surface area contributed by atoms with Crippen LogP contribution in [0.3, 0.4) is 0 Å². The average Bonchev–Trinajstić information content (AvgIpc) is 2.41. The van der Waals surface area contributed by atoms with Crippen LogP contribution in [-0.2, 0) is 6.42 Å². The third-order valence-corrected chi connectivity index (χ3v) is 3.42. The maximum Gasteiger partial charge on any atom is 0.335 e. The number of piperidine rings is 1. The van der Waals surface area contributed by atoms with Gasteiger partial charge in [0, 0.05) is 24.8 Å². The predicted octanol–water partition coefficient (Wildman–Crippen LogP) is 1.82. The molecule has 1 saturated heterocycles. The highest BCUT2D eigenvalue weighted by Gasteiger charge is 2.19. The molecule has 0 aliphatic carbocycles. The maximum atomic E-state index is 11.1. The fourth-order valence-electron chi connectivity index (χ4n) is 2.20. The van der Waals surface area contributed by atoms with Crippen molar-refractivity contribution in [2.24, 2.45) is 0 Å². The zero-order valence-electron chi connectivity index (χ0n) is 11.4. The number of aromatic nitrogens is 1. The van der Waals surface area contributed by atoms with Crippen LogP contribution in [0, 0.1) is 0 Å². The standard InChI is InChI=1S/C14H20N2O3/c1-3-11-8-10(14(17)18)9-13(15-11)19-12-4-6-16(2)7-5-12/h8-9,12H,3-7H2,1-2H3,(H,17,18). The van der Waals surface area contributed by atoms with E-state index in [9.17, 15) is 4.79 Å². The summed E-state index contributed by atoms with van der Waals surface area (Å²) in [5.74, 6) is -0.503. The summed E-state index contributed by atoms with van der Waals surface area (Å²) in [5.41, 5.74) is 0.998. The molecule has 0 amide bonds. The molecule has 0 spiro atoms. The smallest absolute Gasteiger partial charge is 0.335 e. The summed E-state index contributed by atoms with van der Waals surface area (Å²) in [5, 5.41) is 9.08. The highest BCUT2D eigenvalue weighted by atomic mass is 16.5. The number of aryl methyl sites for hydroxylation is 1. The fourth-order valence-corrected chi connectivity index (χ4v) is 2.20. The number of rotatable bonds is 4. The number of hydrogen-bond acceptors (Lipinski definition) is 4. The summed E-state index contributed by atoms with van der Waals surface area (Å²) in [6.07, 6.45) is 2.75. The molecular weight excluding hydrogens is 244 g/mol. The monoisotopic (exact) mass is 264 g/mol. The molecule has 1 aliphatic rings. The van der Waals surface area contributed by atoms with Crippen LogP contribution < -0.4 is 4.74 Å². The number of aromatic carboxylic acids is 1. The molecule has 0 atom stereocenters. The van der Waals surface area contributed by atoms with Gasteiger partial charge in [0.1, 0.15) is 6.10 Å². The molecule has 104 valence electrons. The summed E-state index contributed by atoms with van der Waals surface area (Å²) in [4.78, 5) is 17.7. The lowest BCUT2D eigenvalue weighted by Crippen LogP contribution is -2.35. The van der Waals surface area contributed by atoms with E-state index in [1.54, 1.807) is 6.07 Å². The largest absolute Gasteiger partial charge is 0.478 e. The highest BCUT2D eigenvalue weighted by molar-refractivity contribution is 5.88. The lowest BCUT2D eigenvalue weighted by molar-refractivity contribution is 0.0694. The second-order valence-electron chi connectivity index (χ2n) is 4.96. The molecule has 1 fully saturated rings. The van der Waals surface area contributed by atoms with Gasteiger partial charge < -0.3 is 14.7 Å². The van der Waals surface area contributed by atoms with E-state index in [1.807, 2.05) is 6.92 Å². The van der Waals surface area contributed by atoms with E-state index < -0.39 is 5.97 Å². The number of hydrogen-bond donors (Lipinski definition) is 1. The van der Waals surface area contributed by atoms with Crippen LogP contribution in [0.25, 0.3) is 0 Å². The van der Waals surface area contributed by atoms with Gasteiger partial charge in [-0.15, -0.1) is 0 Å². The Kier molecular flexibility index (Phi) is 4.37. The van der Waals surface area contributed by atoms with Gasteiger partial charge in [0.05, 0.1) is 5.56 Å². The predicted molar refractivity (Wildman–Crippen MR) is 71.7 cm³/mol. The Bertz CT molecular complexity index is 454. The average molecular weight is 264 g/mol. The zero-order chi connectivity index (χ0) is 13.8. The molecule has 1 aromatic rings. The van der Waals surface area contributed by atoms with Crippen LogP contribution in [-0.4, -0.2) is 47.2 Å². The van der Waals surface area contributed by atoms with E-state index in [4.69, 9.17) is 9.84 Å². The van der Waals surface area contributed by atoms with E-state index >= 15 is 0 Å². The van der Waals surface area contributed by atoms with E-state index in [-0.39, 0.29) is 11.7 Å². The minimum absolute atomic E-state index is 0.137. The molecule has 1 N–H and O–H groups in total. The van der Waals surface area contributed by atoms with E-state index in [0.29, 0.717) is 12.3 Å². The number of ether oxygens (including phenoxy) is 1. The van der Waals surface area contributed by atoms with Gasteiger partial charge >= 0.3 is 5.97 Å². The summed E-state index contributed by atoms with van der Waals surface area (Å²) in [6, 6.07) is 3.11. The van der Waals surface area contributed by atoms with Gasteiger partial charge in [0.2, 0.25) is 5.88 Å². The van der Waals surface area contributed by atoms with Gasteiger partial charge in [-0.25, -0.2) is 9.78 Å². The zero-order valence-corrected chi connectivity index (χ0v) is 11.4. The summed E-state index contributed by atoms with van der Waals surface area (Å²) in [7, 11) is 2.09. The lowest BCUT2D eigenvalue weighted by Gasteiger charge is -2.29. The van der Waals surface area contributed by atoms with Crippen molar-refractivity contribution < 1.29 is 14.6 Å². The number of carboxylic acids is 1. The van der Waals surface area contributed by atoms with Gasteiger partial charge in [0.25, 0.3) is 0 Å². The van der Waals surface area contributed by atoms with Crippen LogP contribution in [0.1, 0.15) is 35.8 Å². The summed E-state index contributed by atoms with van der Waals surface area (Å²) in [6.45, 7) is 3.96. The van der Waals surface area contributed by atoms with E-state index in [0.717, 1.165) is 31.6 Å². The molecule has 19 heavy (non-hydrogen) atoms. The summed E-state index contributed by atoms with van der Waals surface area (Å²) < 4.78 is 5.84. The number of likely N-dealkylation sites (tertiary alicyclic amines) is 1. The number of pyridine rings is 1. The molecule has 5 heteroatoms. The highest BCUT2D eigenvalue weighted by Crippen LogP contribution is 2.19. The van der Waals surface area contributed by atoms with Crippen LogP contribution in [0.15, 0.2) is 12.1 Å². The second-order valence-corrected chi connectivity index (χ2v) is 4.96. The molecule has 2 rings (SSSR count). The van der Waals surface area contributed by atoms with Crippen molar-refractivity contribution in [3.63, 3.8) is 0 Å². The first-order valence-electron chi connectivity index (χ1n) is 6.68. The molecular formula is C14H20N2O3. The maximum absolute atomic E-state index is 11.1. The Balaban J connectivity index is 2.10. The lowest BCUT2D eigenvalue weighted by atomic mass is 10.1. The fraction of sp³-hybridized carbons (Fsp3) is 0.571. The molecule has 1 aromatic heterocycles. The van der Waals surface area contributed by atoms with Crippen molar-refractivity contribution >= 4 is 5.97 Å². The van der Waals surface area contributed by atoms with E-state index in [2.05, 4.69) is 16.9 Å². The molecule has 0 unspecified atom stereocenters. The minimum atomic E-state index is -0.940. The van der Waals surface area contributed by atoms with Crippen LogP contribution in [0.2, 0.25) is 0 Å². The van der Waals surface area contributed by atoms with Gasteiger partial charge in [-0.2, -0.15) is 0 Å². The first-order valence-corrected chi connectivity index (χ1v) is 6.68. The van der Waals surface area contributed by atoms with Crippen LogP contribution in [0.5, 0.6) is 5.88 Å². The number of nitrogens with zero attached hydrogens (tertiary/aromatic N) is 2. The van der Waals surface area contributed by atoms with Gasteiger partial charge in [-0.1, -0.05) is 6.92 Å². The molecule has 2 heterocycles. The van der Waals surface area contributed by atoms with Gasteiger partial charge in [-0.3, -0.25) is 0 Å². The second kappa shape index (κ2) is 6.02. The normalized spacial score (nSPS) is 17.4. The van der Waals surface area contributed by atoms with Crippen molar-refractivity contribution in [3.05, 3.63) is 23.4 Å². The molecule has 1 aliphatic heterocycles. The van der Waals surface area contributed by atoms with Crippen molar-refractivity contribution in [3.8, 4) is 5.88 Å². The van der Waals surface area contributed by atoms with Gasteiger partial charge in [-0.05, 0) is 32.4 Å². The quantitative estimate of drug-likeness (QED) is 0.898. The topological polar surface area (TPSA) is 62.7 Å². The Morgan fingerprint density at radius 1 is 1.47 bits per heavy atom. The van der Waals surface area contributed by atoms with Crippen LogP contribution >= 0.6 is 0 Å². The van der Waals surface area contributed by atoms with Gasteiger partial charge in [0.15, 0.2) is 0 Å². The SMILES string of the molecule is CCc1cc(C(=O)O)cc(OC2CCN(C)CC2)n1. The third kappa shape index (κ3) is 3.67. The van der Waals surface area contributed by atoms with Crippen LogP contribution in [0.4, 0.5) is 0 Å². The van der Waals surface area contributed by atoms with Crippen molar-refractivity contribution in [2.45, 2.75) is 32.3 Å². The third-order valence-electron chi connectivity index (χ3n) is 3.42. The van der Waals surface area contributed by atoms with Crippen molar-refractivity contribution in [2.75, 3.05) is 20.1 Å². The molecule has 0 radical (unpaired) electrons. The minimum Gasteiger partial charge on any atom is -0.478 e. The molecule has 0 saturated carbocycles. The molecule has 0 aromatic carbocycles. The van der Waals surface area contributed by atoms with E-state index in [1.165, 1.54) is 6.07 Å². The summed E-state index contributed by atoms with van der Waals surface area (Å²) >= 11 is 0. The molecule has 5 nitrogen and oxygen atoms in total.